The van der Waals surface area contributed by atoms with Gasteiger partial charge in [-0.2, -0.15) is 0 Å². The summed E-state index contributed by atoms with van der Waals surface area (Å²) in [6.45, 7) is 13.7. The highest BCUT2D eigenvalue weighted by molar-refractivity contribution is 5.66. The van der Waals surface area contributed by atoms with Gasteiger partial charge in [0.1, 0.15) is 11.7 Å². The van der Waals surface area contributed by atoms with Crippen LogP contribution in [0, 0.1) is 28.6 Å². The summed E-state index contributed by atoms with van der Waals surface area (Å²) < 4.78 is 5.81. The number of aliphatic hydroxyl groups is 3. The number of aliphatic hydroxyl groups excluding tert-OH is 2. The van der Waals surface area contributed by atoms with Crippen molar-refractivity contribution in [3.8, 4) is 0 Å². The molecule has 3 N–H and O–H groups in total. The van der Waals surface area contributed by atoms with Gasteiger partial charge in [-0.15, -0.1) is 0 Å². The van der Waals surface area contributed by atoms with E-state index in [1.165, 1.54) is 6.92 Å². The second-order valence-corrected chi connectivity index (χ2v) is 9.98. The third-order valence-corrected chi connectivity index (χ3v) is 8.60. The highest BCUT2D eigenvalue weighted by Crippen LogP contribution is 2.68. The van der Waals surface area contributed by atoms with Crippen molar-refractivity contribution in [2.45, 2.75) is 76.8 Å². The Bertz CT molecular complexity index is 711. The Morgan fingerprint density at radius 2 is 1.81 bits per heavy atom. The van der Waals surface area contributed by atoms with Crippen molar-refractivity contribution in [1.29, 1.82) is 0 Å². The maximum Gasteiger partial charge on any atom is 0.302 e. The zero-order valence-corrected chi connectivity index (χ0v) is 16.6. The molecule has 2 bridgehead atoms. The fourth-order valence-electron chi connectivity index (χ4n) is 7.11. The zero-order chi connectivity index (χ0) is 19.9. The molecule has 0 aromatic rings. The summed E-state index contributed by atoms with van der Waals surface area (Å²) in [5.41, 5.74) is -0.805. The molecule has 4 fully saturated rings. The molecule has 0 heterocycles. The Morgan fingerprint density at radius 1 is 1.15 bits per heavy atom. The predicted molar refractivity (Wildman–Crippen MR) is 101 cm³/mol. The van der Waals surface area contributed by atoms with E-state index in [9.17, 15) is 20.1 Å². The van der Waals surface area contributed by atoms with Crippen molar-refractivity contribution in [2.75, 3.05) is 0 Å². The number of rotatable bonds is 1. The molecule has 0 aromatic heterocycles. The number of carbonyl (C=O) groups is 1. The molecule has 0 aliphatic heterocycles. The van der Waals surface area contributed by atoms with Gasteiger partial charge in [0.15, 0.2) is 0 Å². The van der Waals surface area contributed by atoms with Gasteiger partial charge in [0.2, 0.25) is 0 Å². The van der Waals surface area contributed by atoms with Crippen LogP contribution in [0.5, 0.6) is 0 Å². The van der Waals surface area contributed by atoms with E-state index in [2.05, 4.69) is 13.2 Å². The van der Waals surface area contributed by atoms with Crippen LogP contribution in [0.4, 0.5) is 0 Å². The monoisotopic (exact) mass is 376 g/mol. The van der Waals surface area contributed by atoms with Gasteiger partial charge in [0.25, 0.3) is 0 Å². The topological polar surface area (TPSA) is 87.0 Å². The summed E-state index contributed by atoms with van der Waals surface area (Å²) in [6.07, 6.45) is 1.10. The molecule has 4 aliphatic carbocycles. The normalized spacial score (nSPS) is 50.7. The molecule has 4 rings (SSSR count). The molecular weight excluding hydrogens is 344 g/mol. The number of carbonyl (C=O) groups excluding carboxylic acids is 1. The second-order valence-electron chi connectivity index (χ2n) is 9.98. The lowest BCUT2D eigenvalue weighted by Crippen LogP contribution is -2.57. The van der Waals surface area contributed by atoms with Crippen molar-refractivity contribution in [3.05, 3.63) is 24.3 Å². The lowest BCUT2D eigenvalue weighted by Gasteiger charge is -2.47. The van der Waals surface area contributed by atoms with Crippen LogP contribution in [0.15, 0.2) is 24.3 Å². The molecule has 4 saturated carbocycles. The van der Waals surface area contributed by atoms with Crippen LogP contribution in [-0.4, -0.2) is 45.2 Å². The molecule has 8 atom stereocenters. The minimum atomic E-state index is -1.45. The van der Waals surface area contributed by atoms with E-state index >= 15 is 0 Å². The molecular formula is C22H32O5. The van der Waals surface area contributed by atoms with Gasteiger partial charge in [0, 0.05) is 29.6 Å². The van der Waals surface area contributed by atoms with Crippen molar-refractivity contribution in [3.63, 3.8) is 0 Å². The second kappa shape index (κ2) is 5.68. The molecule has 27 heavy (non-hydrogen) atoms. The molecule has 150 valence electrons. The first kappa shape index (κ1) is 19.2. The molecule has 5 heteroatoms. The van der Waals surface area contributed by atoms with E-state index in [1.807, 2.05) is 13.8 Å². The van der Waals surface area contributed by atoms with Crippen molar-refractivity contribution in [2.24, 2.45) is 28.6 Å². The van der Waals surface area contributed by atoms with Gasteiger partial charge in [-0.1, -0.05) is 38.2 Å². The standard InChI is InChI=1S/C22H32O5/c1-11-9-21-10-18(25)22(26)16(8-17(24)20(22,4)5)12(2)15(21)7-6-14(11)19(21)27-13(3)23/h14-19,24-26H,1-2,6-10H2,3-5H3/t14-,15-,16-,17-,18+,19-,21+,22-/m0/s1. The highest BCUT2D eigenvalue weighted by atomic mass is 16.5. The smallest absolute Gasteiger partial charge is 0.302 e. The first-order valence-electron chi connectivity index (χ1n) is 10.1. The van der Waals surface area contributed by atoms with E-state index in [1.54, 1.807) is 0 Å². The van der Waals surface area contributed by atoms with Gasteiger partial charge >= 0.3 is 5.97 Å². The molecule has 0 radical (unpaired) electrons. The Hall–Kier alpha value is -1.17. The summed E-state index contributed by atoms with van der Waals surface area (Å²) in [4.78, 5) is 11.8. The molecule has 0 unspecified atom stereocenters. The lowest BCUT2D eigenvalue weighted by molar-refractivity contribution is -0.181. The average molecular weight is 376 g/mol. The number of fused-ring (bicyclic) bond motifs is 2. The lowest BCUT2D eigenvalue weighted by atomic mass is 9.61. The fourth-order valence-corrected chi connectivity index (χ4v) is 7.11. The SMILES string of the molecule is C=C1C[C@@]23C[C@@H](O)[C@@]4(O)[C@@H](C[C@H](O)C4(C)C)C(=C)[C@@H]2CC[C@@H]1[C@@H]3OC(C)=O. The molecule has 0 aromatic carbocycles. The van der Waals surface area contributed by atoms with Crippen LogP contribution in [0.3, 0.4) is 0 Å². The van der Waals surface area contributed by atoms with Crippen molar-refractivity contribution in [1.82, 2.24) is 0 Å². The maximum absolute atomic E-state index is 11.8. The van der Waals surface area contributed by atoms with Gasteiger partial charge < -0.3 is 20.1 Å². The molecule has 4 aliphatic rings. The maximum atomic E-state index is 11.8. The van der Waals surface area contributed by atoms with Crippen LogP contribution in [0.25, 0.3) is 0 Å². The minimum absolute atomic E-state index is 0.0344. The fraction of sp³-hybridized carbons (Fsp3) is 0.773. The Morgan fingerprint density at radius 3 is 2.44 bits per heavy atom. The van der Waals surface area contributed by atoms with Crippen molar-refractivity contribution >= 4 is 5.97 Å². The number of esters is 1. The summed E-state index contributed by atoms with van der Waals surface area (Å²) in [6, 6.07) is 0. The first-order valence-corrected chi connectivity index (χ1v) is 10.1. The van der Waals surface area contributed by atoms with E-state index in [0.29, 0.717) is 19.3 Å². The zero-order valence-electron chi connectivity index (χ0n) is 16.6. The predicted octanol–water partition coefficient (Wildman–Crippen LogP) is 2.35. The Balaban J connectivity index is 1.84. The number of hydrogen-bond acceptors (Lipinski definition) is 5. The van der Waals surface area contributed by atoms with Crippen LogP contribution in [-0.2, 0) is 9.53 Å². The third kappa shape index (κ3) is 2.19. The first-order chi connectivity index (χ1) is 12.5. The van der Waals surface area contributed by atoms with E-state index < -0.39 is 28.6 Å². The quantitative estimate of drug-likeness (QED) is 0.483. The molecule has 1 spiro atoms. The summed E-state index contributed by atoms with van der Waals surface area (Å²) in [5.74, 6) is -0.549. The molecule has 0 saturated heterocycles. The van der Waals surface area contributed by atoms with E-state index in [4.69, 9.17) is 4.74 Å². The van der Waals surface area contributed by atoms with Gasteiger partial charge in [-0.05, 0) is 38.0 Å². The Kier molecular flexibility index (Phi) is 4.03. The number of ether oxygens (including phenoxy) is 1. The summed E-state index contributed by atoms with van der Waals surface area (Å²) in [5, 5.41) is 33.7. The van der Waals surface area contributed by atoms with Gasteiger partial charge in [0.05, 0.1) is 12.2 Å². The van der Waals surface area contributed by atoms with Crippen LogP contribution in [0.1, 0.15) is 52.9 Å². The van der Waals surface area contributed by atoms with Gasteiger partial charge in [-0.3, -0.25) is 4.79 Å². The van der Waals surface area contributed by atoms with E-state index in [-0.39, 0.29) is 29.8 Å². The molecule has 0 amide bonds. The van der Waals surface area contributed by atoms with Gasteiger partial charge in [-0.25, -0.2) is 0 Å². The largest absolute Gasteiger partial charge is 0.461 e. The van der Waals surface area contributed by atoms with Crippen LogP contribution in [0.2, 0.25) is 0 Å². The highest BCUT2D eigenvalue weighted by Gasteiger charge is 2.70. The van der Waals surface area contributed by atoms with Crippen LogP contribution >= 0.6 is 0 Å². The average Bonchev–Trinajstić information content (AvgIpc) is 2.81. The van der Waals surface area contributed by atoms with Crippen molar-refractivity contribution < 1.29 is 24.9 Å². The molecule has 5 nitrogen and oxygen atoms in total. The Labute approximate surface area is 161 Å². The van der Waals surface area contributed by atoms with E-state index in [0.717, 1.165) is 24.0 Å². The number of hydrogen-bond donors (Lipinski definition) is 3. The summed E-state index contributed by atoms with van der Waals surface area (Å²) in [7, 11) is 0. The third-order valence-electron chi connectivity index (χ3n) is 8.60. The summed E-state index contributed by atoms with van der Waals surface area (Å²) >= 11 is 0. The minimum Gasteiger partial charge on any atom is -0.461 e. The van der Waals surface area contributed by atoms with Crippen LogP contribution < -0.4 is 0 Å².